The molecule has 0 aromatic heterocycles. The lowest BCUT2D eigenvalue weighted by molar-refractivity contribution is 0.495. The molecule has 20 heavy (non-hydrogen) atoms. The van der Waals surface area contributed by atoms with Crippen LogP contribution in [0.2, 0.25) is 0 Å². The fourth-order valence-corrected chi connectivity index (χ4v) is 2.05. The molecular formula is C16H16F3N. The Hall–Kier alpha value is -1.97. The molecule has 0 saturated carbocycles. The zero-order valence-corrected chi connectivity index (χ0v) is 11.2. The summed E-state index contributed by atoms with van der Waals surface area (Å²) in [6.45, 7) is 1.96. The van der Waals surface area contributed by atoms with Gasteiger partial charge in [0.1, 0.15) is 5.82 Å². The molecule has 0 spiro atoms. The molecular weight excluding hydrogens is 263 g/mol. The normalized spacial score (nSPS) is 12.2. The Bertz CT molecular complexity index is 569. The minimum atomic E-state index is -1.18. The lowest BCUT2D eigenvalue weighted by atomic mass is 10.0. The molecule has 1 nitrogen and oxygen atoms in total. The van der Waals surface area contributed by atoms with Gasteiger partial charge in [-0.15, -0.1) is 0 Å². The molecule has 2 rings (SSSR count). The highest BCUT2D eigenvalue weighted by molar-refractivity contribution is 5.46. The van der Waals surface area contributed by atoms with E-state index in [2.05, 4.69) is 5.32 Å². The zero-order valence-electron chi connectivity index (χ0n) is 11.2. The fraction of sp³-hybridized carbons (Fsp3) is 0.250. The van der Waals surface area contributed by atoms with Crippen LogP contribution >= 0.6 is 0 Å². The minimum Gasteiger partial charge on any atom is -0.380 e. The second kappa shape index (κ2) is 6.46. The molecule has 1 atom stereocenters. The number of hydrogen-bond donors (Lipinski definition) is 1. The molecule has 0 aliphatic heterocycles. The van der Waals surface area contributed by atoms with E-state index in [1.807, 2.05) is 37.3 Å². The number of hydrogen-bond acceptors (Lipinski definition) is 1. The first kappa shape index (κ1) is 14.4. The van der Waals surface area contributed by atoms with E-state index < -0.39 is 17.5 Å². The summed E-state index contributed by atoms with van der Waals surface area (Å²) < 4.78 is 39.6. The van der Waals surface area contributed by atoms with Crippen LogP contribution in [0.25, 0.3) is 0 Å². The van der Waals surface area contributed by atoms with Crippen LogP contribution in [0, 0.1) is 17.5 Å². The molecule has 0 heterocycles. The first-order valence-electron chi connectivity index (χ1n) is 6.55. The van der Waals surface area contributed by atoms with Crippen molar-refractivity contribution in [2.45, 2.75) is 25.8 Å². The van der Waals surface area contributed by atoms with Crippen molar-refractivity contribution in [3.63, 3.8) is 0 Å². The summed E-state index contributed by atoms with van der Waals surface area (Å²) in [6.07, 6.45) is 1.43. The molecule has 0 radical (unpaired) electrons. The van der Waals surface area contributed by atoms with Crippen molar-refractivity contribution in [2.75, 3.05) is 5.32 Å². The van der Waals surface area contributed by atoms with Crippen LogP contribution in [0.1, 0.15) is 18.9 Å². The number of nitrogens with one attached hydrogen (secondary N) is 1. The van der Waals surface area contributed by atoms with Crippen LogP contribution in [0.15, 0.2) is 42.5 Å². The van der Waals surface area contributed by atoms with Gasteiger partial charge in [-0.3, -0.25) is 0 Å². The van der Waals surface area contributed by atoms with Crippen LogP contribution in [-0.2, 0) is 6.42 Å². The fourth-order valence-electron chi connectivity index (χ4n) is 2.05. The molecule has 1 unspecified atom stereocenters. The number of benzene rings is 2. The summed E-state index contributed by atoms with van der Waals surface area (Å²) in [5.74, 6) is -3.01. The van der Waals surface area contributed by atoms with Crippen LogP contribution in [-0.4, -0.2) is 6.04 Å². The van der Waals surface area contributed by atoms with Crippen LogP contribution < -0.4 is 5.32 Å². The van der Waals surface area contributed by atoms with Crippen LogP contribution in [0.4, 0.5) is 18.9 Å². The standard InChI is InChI=1S/C16H16F3N/c1-2-12(8-11-6-4-3-5-7-11)20-16-10-14(18)13(17)9-15(16)19/h3-7,9-10,12,20H,2,8H2,1H3. The van der Waals surface area contributed by atoms with Gasteiger partial charge >= 0.3 is 0 Å². The van der Waals surface area contributed by atoms with Crippen molar-refractivity contribution in [1.29, 1.82) is 0 Å². The number of anilines is 1. The molecule has 2 aromatic rings. The first-order chi connectivity index (χ1) is 9.60. The van der Waals surface area contributed by atoms with E-state index in [9.17, 15) is 13.2 Å². The Balaban J connectivity index is 2.12. The minimum absolute atomic E-state index is 0.00770. The second-order valence-electron chi connectivity index (χ2n) is 4.69. The maximum absolute atomic E-state index is 13.6. The summed E-state index contributed by atoms with van der Waals surface area (Å²) in [5.41, 5.74) is 1.10. The van der Waals surface area contributed by atoms with Crippen molar-refractivity contribution >= 4 is 5.69 Å². The van der Waals surface area contributed by atoms with Crippen molar-refractivity contribution in [1.82, 2.24) is 0 Å². The first-order valence-corrected chi connectivity index (χ1v) is 6.55. The van der Waals surface area contributed by atoms with Gasteiger partial charge in [0, 0.05) is 18.2 Å². The topological polar surface area (TPSA) is 12.0 Å². The van der Waals surface area contributed by atoms with Gasteiger partial charge in [-0.25, -0.2) is 13.2 Å². The van der Waals surface area contributed by atoms with Gasteiger partial charge in [0.15, 0.2) is 11.6 Å². The Morgan fingerprint density at radius 2 is 1.60 bits per heavy atom. The molecule has 0 aliphatic carbocycles. The smallest absolute Gasteiger partial charge is 0.161 e. The van der Waals surface area contributed by atoms with Gasteiger partial charge in [-0.2, -0.15) is 0 Å². The molecule has 0 saturated heterocycles. The van der Waals surface area contributed by atoms with E-state index in [-0.39, 0.29) is 11.7 Å². The summed E-state index contributed by atoms with van der Waals surface area (Å²) in [5, 5.41) is 2.93. The quantitative estimate of drug-likeness (QED) is 0.792. The molecule has 2 aromatic carbocycles. The molecule has 0 fully saturated rings. The third-order valence-electron chi connectivity index (χ3n) is 3.19. The van der Waals surface area contributed by atoms with Crippen molar-refractivity contribution in [3.05, 3.63) is 65.5 Å². The van der Waals surface area contributed by atoms with Crippen LogP contribution in [0.3, 0.4) is 0 Å². The summed E-state index contributed by atoms with van der Waals surface area (Å²) in [4.78, 5) is 0. The van der Waals surface area contributed by atoms with Crippen molar-refractivity contribution in [2.24, 2.45) is 0 Å². The summed E-state index contributed by atoms with van der Waals surface area (Å²) in [6, 6.07) is 11.1. The lowest BCUT2D eigenvalue weighted by Gasteiger charge is -2.19. The molecule has 4 heteroatoms. The van der Waals surface area contributed by atoms with E-state index in [1.165, 1.54) is 0 Å². The van der Waals surface area contributed by atoms with E-state index in [0.29, 0.717) is 12.5 Å². The third kappa shape index (κ3) is 3.53. The maximum atomic E-state index is 13.6. The Morgan fingerprint density at radius 3 is 2.25 bits per heavy atom. The highest BCUT2D eigenvalue weighted by Gasteiger charge is 2.13. The third-order valence-corrected chi connectivity index (χ3v) is 3.19. The molecule has 0 aliphatic rings. The van der Waals surface area contributed by atoms with Crippen molar-refractivity contribution in [3.8, 4) is 0 Å². The van der Waals surface area contributed by atoms with Gasteiger partial charge in [0.25, 0.3) is 0 Å². The highest BCUT2D eigenvalue weighted by Crippen LogP contribution is 2.20. The largest absolute Gasteiger partial charge is 0.380 e. The van der Waals surface area contributed by atoms with Gasteiger partial charge < -0.3 is 5.32 Å². The Kier molecular flexibility index (Phi) is 4.66. The number of rotatable bonds is 5. The SMILES string of the molecule is CCC(Cc1ccccc1)Nc1cc(F)c(F)cc1F. The van der Waals surface area contributed by atoms with Gasteiger partial charge in [-0.1, -0.05) is 37.3 Å². The van der Waals surface area contributed by atoms with Gasteiger partial charge in [-0.05, 0) is 18.4 Å². The number of halogens is 3. The van der Waals surface area contributed by atoms with E-state index in [4.69, 9.17) is 0 Å². The molecule has 106 valence electrons. The summed E-state index contributed by atoms with van der Waals surface area (Å²) >= 11 is 0. The Labute approximate surface area is 116 Å². The zero-order chi connectivity index (χ0) is 14.5. The predicted octanol–water partition coefficient (Wildman–Crippen LogP) is 4.54. The average molecular weight is 279 g/mol. The molecule has 0 amide bonds. The van der Waals surface area contributed by atoms with Gasteiger partial charge in [0.2, 0.25) is 0 Å². The van der Waals surface area contributed by atoms with Crippen molar-refractivity contribution < 1.29 is 13.2 Å². The van der Waals surface area contributed by atoms with E-state index in [1.54, 1.807) is 0 Å². The Morgan fingerprint density at radius 1 is 0.950 bits per heavy atom. The molecule has 0 bridgehead atoms. The lowest BCUT2D eigenvalue weighted by Crippen LogP contribution is -2.22. The summed E-state index contributed by atoms with van der Waals surface area (Å²) in [7, 11) is 0. The average Bonchev–Trinajstić information content (AvgIpc) is 2.45. The highest BCUT2D eigenvalue weighted by atomic mass is 19.2. The second-order valence-corrected chi connectivity index (χ2v) is 4.69. The monoisotopic (exact) mass is 279 g/mol. The van der Waals surface area contributed by atoms with E-state index in [0.717, 1.165) is 18.1 Å². The predicted molar refractivity (Wildman–Crippen MR) is 74.2 cm³/mol. The molecule has 1 N–H and O–H groups in total. The van der Waals surface area contributed by atoms with E-state index >= 15 is 0 Å². The maximum Gasteiger partial charge on any atom is 0.161 e. The van der Waals surface area contributed by atoms with Gasteiger partial charge in [0.05, 0.1) is 5.69 Å². The van der Waals surface area contributed by atoms with Crippen LogP contribution in [0.5, 0.6) is 0 Å².